The molecule has 6 heteroatoms. The normalized spacial score (nSPS) is 10.3. The van der Waals surface area contributed by atoms with Crippen molar-refractivity contribution in [3.05, 3.63) is 54.1 Å². The molecule has 0 aliphatic heterocycles. The maximum Gasteiger partial charge on any atom is 0.269 e. The molecule has 0 fully saturated rings. The SMILES string of the molecule is COCCCNC(=O)c1cc(Nc2cccc(F)c2)ccn1. The van der Waals surface area contributed by atoms with Crippen LogP contribution in [0.15, 0.2) is 42.6 Å². The van der Waals surface area contributed by atoms with Crippen LogP contribution in [0, 0.1) is 5.82 Å². The van der Waals surface area contributed by atoms with Crippen LogP contribution in [0.4, 0.5) is 15.8 Å². The van der Waals surface area contributed by atoms with Crippen LogP contribution >= 0.6 is 0 Å². The summed E-state index contributed by atoms with van der Waals surface area (Å²) in [5, 5.41) is 5.80. The second kappa shape index (κ2) is 8.09. The van der Waals surface area contributed by atoms with E-state index in [0.717, 1.165) is 6.42 Å². The number of nitrogens with zero attached hydrogens (tertiary/aromatic N) is 1. The van der Waals surface area contributed by atoms with E-state index in [0.29, 0.717) is 30.2 Å². The van der Waals surface area contributed by atoms with Crippen LogP contribution in [-0.4, -0.2) is 31.2 Å². The number of hydrogen-bond donors (Lipinski definition) is 2. The van der Waals surface area contributed by atoms with Gasteiger partial charge in [0.1, 0.15) is 11.5 Å². The number of carbonyl (C=O) groups excluding carboxylic acids is 1. The Hall–Kier alpha value is -2.47. The van der Waals surface area contributed by atoms with Gasteiger partial charge in [-0.15, -0.1) is 0 Å². The summed E-state index contributed by atoms with van der Waals surface area (Å²) in [7, 11) is 1.62. The summed E-state index contributed by atoms with van der Waals surface area (Å²) in [5.74, 6) is -0.575. The summed E-state index contributed by atoms with van der Waals surface area (Å²) in [5.41, 5.74) is 1.58. The number of halogens is 1. The molecule has 0 atom stereocenters. The highest BCUT2D eigenvalue weighted by atomic mass is 19.1. The number of rotatable bonds is 7. The molecule has 22 heavy (non-hydrogen) atoms. The van der Waals surface area contributed by atoms with Crippen molar-refractivity contribution < 1.29 is 13.9 Å². The highest BCUT2D eigenvalue weighted by Gasteiger charge is 2.07. The molecule has 1 amide bonds. The third-order valence-corrected chi connectivity index (χ3v) is 2.92. The predicted octanol–water partition coefficient (Wildman–Crippen LogP) is 2.73. The summed E-state index contributed by atoms with van der Waals surface area (Å²) >= 11 is 0. The Morgan fingerprint density at radius 1 is 1.27 bits per heavy atom. The second-order valence-corrected chi connectivity index (χ2v) is 4.67. The van der Waals surface area contributed by atoms with E-state index < -0.39 is 0 Å². The van der Waals surface area contributed by atoms with Gasteiger partial charge in [0.25, 0.3) is 5.91 Å². The van der Waals surface area contributed by atoms with Gasteiger partial charge in [-0.1, -0.05) is 6.07 Å². The molecule has 0 aliphatic carbocycles. The largest absolute Gasteiger partial charge is 0.385 e. The van der Waals surface area contributed by atoms with Gasteiger partial charge < -0.3 is 15.4 Å². The Bertz CT molecular complexity index is 634. The molecular formula is C16H18FN3O2. The van der Waals surface area contributed by atoms with Crippen LogP contribution < -0.4 is 10.6 Å². The Morgan fingerprint density at radius 3 is 2.86 bits per heavy atom. The van der Waals surface area contributed by atoms with Crippen molar-refractivity contribution in [3.8, 4) is 0 Å². The first kappa shape index (κ1) is 15.9. The van der Waals surface area contributed by atoms with Crippen molar-refractivity contribution in [2.45, 2.75) is 6.42 Å². The van der Waals surface area contributed by atoms with E-state index in [1.807, 2.05) is 0 Å². The minimum atomic E-state index is -0.324. The molecule has 2 aromatic rings. The summed E-state index contributed by atoms with van der Waals surface area (Å²) in [6.45, 7) is 1.12. The van der Waals surface area contributed by atoms with Crippen molar-refractivity contribution in [1.29, 1.82) is 0 Å². The monoisotopic (exact) mass is 303 g/mol. The van der Waals surface area contributed by atoms with Crippen LogP contribution in [0.3, 0.4) is 0 Å². The van der Waals surface area contributed by atoms with Gasteiger partial charge in [-0.3, -0.25) is 9.78 Å². The molecule has 0 bridgehead atoms. The van der Waals surface area contributed by atoms with Crippen molar-refractivity contribution in [2.24, 2.45) is 0 Å². The minimum absolute atomic E-state index is 0.251. The number of pyridine rings is 1. The number of amides is 1. The van der Waals surface area contributed by atoms with Gasteiger partial charge in [0.15, 0.2) is 0 Å². The zero-order chi connectivity index (χ0) is 15.8. The van der Waals surface area contributed by atoms with Gasteiger partial charge >= 0.3 is 0 Å². The van der Waals surface area contributed by atoms with Crippen LogP contribution in [0.1, 0.15) is 16.9 Å². The van der Waals surface area contributed by atoms with Gasteiger partial charge in [-0.2, -0.15) is 0 Å². The molecule has 2 rings (SSSR count). The van der Waals surface area contributed by atoms with E-state index in [9.17, 15) is 9.18 Å². The lowest BCUT2D eigenvalue weighted by atomic mass is 10.2. The summed E-state index contributed by atoms with van der Waals surface area (Å²) in [4.78, 5) is 16.0. The lowest BCUT2D eigenvalue weighted by Crippen LogP contribution is -2.26. The van der Waals surface area contributed by atoms with Gasteiger partial charge in [0, 0.05) is 37.8 Å². The first-order valence-electron chi connectivity index (χ1n) is 6.95. The fraction of sp³-hybridized carbons (Fsp3) is 0.250. The molecule has 0 unspecified atom stereocenters. The fourth-order valence-corrected chi connectivity index (χ4v) is 1.87. The highest BCUT2D eigenvalue weighted by molar-refractivity contribution is 5.93. The number of benzene rings is 1. The van der Waals surface area contributed by atoms with Gasteiger partial charge in [0.05, 0.1) is 0 Å². The number of nitrogens with one attached hydrogen (secondary N) is 2. The van der Waals surface area contributed by atoms with E-state index in [-0.39, 0.29) is 11.7 Å². The van der Waals surface area contributed by atoms with E-state index >= 15 is 0 Å². The predicted molar refractivity (Wildman–Crippen MR) is 82.7 cm³/mol. The second-order valence-electron chi connectivity index (χ2n) is 4.67. The van der Waals surface area contributed by atoms with Crippen LogP contribution in [0.5, 0.6) is 0 Å². The molecule has 1 aromatic carbocycles. The molecule has 2 N–H and O–H groups in total. The van der Waals surface area contributed by atoms with Crippen molar-refractivity contribution in [1.82, 2.24) is 10.3 Å². The molecule has 5 nitrogen and oxygen atoms in total. The molecule has 116 valence electrons. The Morgan fingerprint density at radius 2 is 2.09 bits per heavy atom. The van der Waals surface area contributed by atoms with E-state index in [1.165, 1.54) is 18.3 Å². The quantitative estimate of drug-likeness (QED) is 0.772. The smallest absolute Gasteiger partial charge is 0.269 e. The average Bonchev–Trinajstić information content (AvgIpc) is 2.52. The van der Waals surface area contributed by atoms with Gasteiger partial charge in [-0.05, 0) is 36.8 Å². The Kier molecular flexibility index (Phi) is 5.85. The van der Waals surface area contributed by atoms with Crippen molar-refractivity contribution in [3.63, 3.8) is 0 Å². The lowest BCUT2D eigenvalue weighted by Gasteiger charge is -2.08. The number of hydrogen-bond acceptors (Lipinski definition) is 4. The lowest BCUT2D eigenvalue weighted by molar-refractivity contribution is 0.0943. The summed E-state index contributed by atoms with van der Waals surface area (Å²) in [6.07, 6.45) is 2.27. The van der Waals surface area contributed by atoms with Crippen LogP contribution in [0.2, 0.25) is 0 Å². The van der Waals surface area contributed by atoms with Gasteiger partial charge in [-0.25, -0.2) is 4.39 Å². The fourth-order valence-electron chi connectivity index (χ4n) is 1.87. The molecule has 0 spiro atoms. The molecule has 1 aromatic heterocycles. The minimum Gasteiger partial charge on any atom is -0.385 e. The molecular weight excluding hydrogens is 285 g/mol. The molecule has 0 saturated carbocycles. The van der Waals surface area contributed by atoms with Crippen LogP contribution in [-0.2, 0) is 4.74 Å². The number of aromatic nitrogens is 1. The van der Waals surface area contributed by atoms with Crippen LogP contribution in [0.25, 0.3) is 0 Å². The topological polar surface area (TPSA) is 63.2 Å². The average molecular weight is 303 g/mol. The zero-order valence-electron chi connectivity index (χ0n) is 12.3. The van der Waals surface area contributed by atoms with E-state index in [4.69, 9.17) is 4.74 Å². The Balaban J connectivity index is 1.98. The van der Waals surface area contributed by atoms with Crippen molar-refractivity contribution >= 4 is 17.3 Å². The van der Waals surface area contributed by atoms with E-state index in [2.05, 4.69) is 15.6 Å². The standard InChI is InChI=1S/C16H18FN3O2/c1-22-9-3-7-19-16(21)15-11-14(6-8-18-15)20-13-5-2-4-12(17)10-13/h2,4-6,8,10-11H,3,7,9H2,1H3,(H,18,20)(H,19,21). The molecule has 0 saturated heterocycles. The van der Waals surface area contributed by atoms with E-state index in [1.54, 1.807) is 31.4 Å². The third kappa shape index (κ3) is 4.82. The summed E-state index contributed by atoms with van der Waals surface area (Å²) in [6, 6.07) is 9.45. The highest BCUT2D eigenvalue weighted by Crippen LogP contribution is 2.17. The maximum atomic E-state index is 13.2. The third-order valence-electron chi connectivity index (χ3n) is 2.92. The zero-order valence-corrected chi connectivity index (χ0v) is 12.3. The first-order chi connectivity index (χ1) is 10.7. The number of ether oxygens (including phenoxy) is 1. The van der Waals surface area contributed by atoms with Gasteiger partial charge in [0.2, 0.25) is 0 Å². The van der Waals surface area contributed by atoms with Crippen molar-refractivity contribution in [2.75, 3.05) is 25.6 Å². The molecule has 0 radical (unpaired) electrons. The maximum absolute atomic E-state index is 13.2. The number of methoxy groups -OCH3 is 1. The molecule has 1 heterocycles. The molecule has 0 aliphatic rings. The number of anilines is 2. The summed E-state index contributed by atoms with van der Waals surface area (Å²) < 4.78 is 18.1. The number of carbonyl (C=O) groups is 1. The first-order valence-corrected chi connectivity index (χ1v) is 6.95. The Labute approximate surface area is 128 Å².